The van der Waals surface area contributed by atoms with E-state index in [0.717, 1.165) is 5.56 Å². The van der Waals surface area contributed by atoms with Gasteiger partial charge in [0.25, 0.3) is 5.91 Å². The van der Waals surface area contributed by atoms with E-state index in [-0.39, 0.29) is 5.91 Å². The monoisotopic (exact) mass is 349 g/mol. The van der Waals surface area contributed by atoms with Crippen LogP contribution in [0.1, 0.15) is 41.3 Å². The molecular formula is C17H17BrFNO. The highest BCUT2D eigenvalue weighted by Gasteiger charge is 2.11. The second-order valence-electron chi connectivity index (χ2n) is 5.31. The van der Waals surface area contributed by atoms with Crippen LogP contribution in [-0.2, 0) is 0 Å². The number of aryl methyl sites for hydroxylation is 1. The molecule has 1 N–H and O–H groups in total. The molecule has 0 aromatic heterocycles. The number of carbonyl (C=O) groups is 1. The zero-order valence-corrected chi connectivity index (χ0v) is 13.8. The van der Waals surface area contributed by atoms with Crippen molar-refractivity contribution in [2.24, 2.45) is 0 Å². The summed E-state index contributed by atoms with van der Waals surface area (Å²) in [4.78, 5) is 12.2. The number of carbonyl (C=O) groups excluding carboxylic acids is 1. The molecular weight excluding hydrogens is 333 g/mol. The van der Waals surface area contributed by atoms with Crippen molar-refractivity contribution in [2.75, 3.05) is 5.32 Å². The Kier molecular flexibility index (Phi) is 4.78. The molecule has 4 heteroatoms. The molecule has 2 nitrogen and oxygen atoms in total. The number of hydrogen-bond acceptors (Lipinski definition) is 1. The van der Waals surface area contributed by atoms with E-state index >= 15 is 0 Å². The van der Waals surface area contributed by atoms with Crippen LogP contribution in [0, 0.1) is 12.7 Å². The van der Waals surface area contributed by atoms with E-state index < -0.39 is 5.82 Å². The van der Waals surface area contributed by atoms with Crippen molar-refractivity contribution in [2.45, 2.75) is 26.7 Å². The lowest BCUT2D eigenvalue weighted by molar-refractivity contribution is 0.102. The Labute approximate surface area is 132 Å². The molecule has 0 heterocycles. The first-order valence-corrected chi connectivity index (χ1v) is 7.54. The standard InChI is InChI=1S/C17H17BrFNO/c1-10(2)12-4-6-13(7-5-12)17(21)20-16-9-15(19)14(18)8-11(16)3/h4-10H,1-3H3,(H,20,21). The average molecular weight is 350 g/mol. The summed E-state index contributed by atoms with van der Waals surface area (Å²) >= 11 is 3.13. The largest absolute Gasteiger partial charge is 0.322 e. The van der Waals surface area contributed by atoms with Crippen LogP contribution in [0.3, 0.4) is 0 Å². The predicted molar refractivity (Wildman–Crippen MR) is 87.3 cm³/mol. The second kappa shape index (κ2) is 6.39. The van der Waals surface area contributed by atoms with Crippen molar-refractivity contribution in [3.63, 3.8) is 0 Å². The van der Waals surface area contributed by atoms with E-state index in [9.17, 15) is 9.18 Å². The van der Waals surface area contributed by atoms with Crippen LogP contribution in [0.2, 0.25) is 0 Å². The van der Waals surface area contributed by atoms with Crippen molar-refractivity contribution in [1.82, 2.24) is 0 Å². The van der Waals surface area contributed by atoms with Gasteiger partial charge < -0.3 is 5.32 Å². The minimum atomic E-state index is -0.397. The first-order chi connectivity index (χ1) is 9.88. The summed E-state index contributed by atoms with van der Waals surface area (Å²) in [7, 11) is 0. The fourth-order valence-electron chi connectivity index (χ4n) is 1.99. The maximum absolute atomic E-state index is 13.6. The lowest BCUT2D eigenvalue weighted by Gasteiger charge is -2.10. The van der Waals surface area contributed by atoms with Gasteiger partial charge in [0.2, 0.25) is 0 Å². The molecule has 0 saturated heterocycles. The Bertz CT molecular complexity index is 665. The smallest absolute Gasteiger partial charge is 0.255 e. The van der Waals surface area contributed by atoms with Crippen LogP contribution in [0.4, 0.5) is 10.1 Å². The van der Waals surface area contributed by atoms with Crippen LogP contribution in [-0.4, -0.2) is 5.91 Å². The number of hydrogen-bond donors (Lipinski definition) is 1. The van der Waals surface area contributed by atoms with E-state index in [4.69, 9.17) is 0 Å². The molecule has 2 rings (SSSR count). The van der Waals surface area contributed by atoms with E-state index in [1.54, 1.807) is 18.2 Å². The first kappa shape index (κ1) is 15.7. The summed E-state index contributed by atoms with van der Waals surface area (Å²) in [5.74, 6) is -0.217. The van der Waals surface area contributed by atoms with Crippen molar-refractivity contribution >= 4 is 27.5 Å². The lowest BCUT2D eigenvalue weighted by atomic mass is 10.0. The highest BCUT2D eigenvalue weighted by atomic mass is 79.9. The van der Waals surface area contributed by atoms with Gasteiger partial charge in [-0.05, 0) is 64.2 Å². The molecule has 0 aliphatic carbocycles. The Morgan fingerprint density at radius 2 is 1.81 bits per heavy atom. The molecule has 0 atom stereocenters. The number of anilines is 1. The topological polar surface area (TPSA) is 29.1 Å². The van der Waals surface area contributed by atoms with Gasteiger partial charge in [-0.3, -0.25) is 4.79 Å². The minimum absolute atomic E-state index is 0.241. The normalized spacial score (nSPS) is 10.8. The van der Waals surface area contributed by atoms with Gasteiger partial charge in [0.1, 0.15) is 5.82 Å². The zero-order chi connectivity index (χ0) is 15.6. The molecule has 0 bridgehead atoms. The van der Waals surface area contributed by atoms with Crippen LogP contribution >= 0.6 is 15.9 Å². The molecule has 0 aliphatic rings. The molecule has 0 spiro atoms. The van der Waals surface area contributed by atoms with Crippen LogP contribution in [0.15, 0.2) is 40.9 Å². The van der Waals surface area contributed by atoms with Crippen molar-refractivity contribution in [1.29, 1.82) is 0 Å². The van der Waals surface area contributed by atoms with Crippen LogP contribution in [0.25, 0.3) is 0 Å². The third-order valence-electron chi connectivity index (χ3n) is 3.36. The molecule has 1 amide bonds. The number of benzene rings is 2. The Morgan fingerprint density at radius 1 is 1.19 bits per heavy atom. The van der Waals surface area contributed by atoms with Gasteiger partial charge in [0, 0.05) is 11.3 Å². The second-order valence-corrected chi connectivity index (χ2v) is 6.17. The quantitative estimate of drug-likeness (QED) is 0.803. The molecule has 0 aliphatic heterocycles. The van der Waals surface area contributed by atoms with Crippen LogP contribution in [0.5, 0.6) is 0 Å². The van der Waals surface area contributed by atoms with Crippen LogP contribution < -0.4 is 5.32 Å². The van der Waals surface area contributed by atoms with Gasteiger partial charge in [0.05, 0.1) is 4.47 Å². The molecule has 2 aromatic carbocycles. The van der Waals surface area contributed by atoms with Crippen molar-refractivity contribution in [3.05, 3.63) is 63.4 Å². The third kappa shape index (κ3) is 3.70. The number of amides is 1. The summed E-state index contributed by atoms with van der Waals surface area (Å²) in [6, 6.07) is 10.4. The maximum atomic E-state index is 13.6. The molecule has 0 unspecified atom stereocenters. The Morgan fingerprint density at radius 3 is 2.38 bits per heavy atom. The third-order valence-corrected chi connectivity index (χ3v) is 3.96. The number of halogens is 2. The summed E-state index contributed by atoms with van der Waals surface area (Å²) in [5, 5.41) is 2.74. The van der Waals surface area contributed by atoms with Gasteiger partial charge in [-0.15, -0.1) is 0 Å². The van der Waals surface area contributed by atoms with Crippen molar-refractivity contribution < 1.29 is 9.18 Å². The molecule has 0 radical (unpaired) electrons. The lowest BCUT2D eigenvalue weighted by Crippen LogP contribution is -2.13. The predicted octanol–water partition coefficient (Wildman–Crippen LogP) is 5.27. The first-order valence-electron chi connectivity index (χ1n) is 6.75. The number of nitrogens with one attached hydrogen (secondary N) is 1. The van der Waals surface area contributed by atoms with Crippen molar-refractivity contribution in [3.8, 4) is 0 Å². The zero-order valence-electron chi connectivity index (χ0n) is 12.2. The van der Waals surface area contributed by atoms with E-state index in [1.807, 2.05) is 19.1 Å². The summed E-state index contributed by atoms with van der Waals surface area (Å²) in [6.45, 7) is 6.02. The highest BCUT2D eigenvalue weighted by molar-refractivity contribution is 9.10. The fraction of sp³-hybridized carbons (Fsp3) is 0.235. The molecule has 21 heavy (non-hydrogen) atoms. The molecule has 110 valence electrons. The maximum Gasteiger partial charge on any atom is 0.255 e. The summed E-state index contributed by atoms with van der Waals surface area (Å²) in [6.07, 6.45) is 0. The minimum Gasteiger partial charge on any atom is -0.322 e. The fourth-order valence-corrected chi connectivity index (χ4v) is 2.45. The Balaban J connectivity index is 2.20. The molecule has 0 saturated carbocycles. The van der Waals surface area contributed by atoms with E-state index in [0.29, 0.717) is 21.6 Å². The Hall–Kier alpha value is -1.68. The SMILES string of the molecule is Cc1cc(Br)c(F)cc1NC(=O)c1ccc(C(C)C)cc1. The summed E-state index contributed by atoms with van der Waals surface area (Å²) < 4.78 is 13.9. The number of rotatable bonds is 3. The average Bonchev–Trinajstić information content (AvgIpc) is 2.44. The summed E-state index contributed by atoms with van der Waals surface area (Å²) in [5.41, 5.74) is 3.02. The van der Waals surface area contributed by atoms with Gasteiger partial charge in [-0.2, -0.15) is 0 Å². The highest BCUT2D eigenvalue weighted by Crippen LogP contribution is 2.24. The molecule has 0 fully saturated rings. The van der Waals surface area contributed by atoms with E-state index in [1.165, 1.54) is 11.6 Å². The van der Waals surface area contributed by atoms with Gasteiger partial charge in [0.15, 0.2) is 0 Å². The molecule has 2 aromatic rings. The van der Waals surface area contributed by atoms with Gasteiger partial charge >= 0.3 is 0 Å². The van der Waals surface area contributed by atoms with E-state index in [2.05, 4.69) is 35.1 Å². The van der Waals surface area contributed by atoms with Gasteiger partial charge in [-0.25, -0.2) is 4.39 Å². The van der Waals surface area contributed by atoms with Gasteiger partial charge in [-0.1, -0.05) is 26.0 Å².